The van der Waals surface area contributed by atoms with E-state index in [1.165, 1.54) is 5.01 Å². The minimum absolute atomic E-state index is 0.201. The second kappa shape index (κ2) is 7.10. The number of carbonyl (C=O) groups is 1. The smallest absolute Gasteiger partial charge is 0.251 e. The Morgan fingerprint density at radius 2 is 2.17 bits per heavy atom. The summed E-state index contributed by atoms with van der Waals surface area (Å²) in [5.74, 6) is 1.54. The molecule has 5 nitrogen and oxygen atoms in total. The Morgan fingerprint density at radius 3 is 2.92 bits per heavy atom. The van der Waals surface area contributed by atoms with Crippen molar-refractivity contribution >= 4 is 17.2 Å². The Bertz CT molecular complexity index is 557. The fourth-order valence-corrected chi connectivity index (χ4v) is 4.91. The highest BCUT2D eigenvalue weighted by Gasteiger charge is 2.43. The monoisotopic (exact) mass is 349 g/mol. The van der Waals surface area contributed by atoms with Crippen LogP contribution in [-0.4, -0.2) is 59.1 Å². The molecule has 0 N–H and O–H groups in total. The molecule has 0 aliphatic carbocycles. The van der Waals surface area contributed by atoms with Gasteiger partial charge >= 0.3 is 0 Å². The average molecular weight is 350 g/mol. The number of fused-ring (bicyclic) bond motifs is 1. The number of amides is 1. The molecule has 132 valence electrons. The van der Waals surface area contributed by atoms with E-state index in [1.807, 2.05) is 16.5 Å². The van der Waals surface area contributed by atoms with Crippen LogP contribution in [-0.2, 0) is 16.1 Å². The van der Waals surface area contributed by atoms with Gasteiger partial charge in [0.05, 0.1) is 12.6 Å². The summed E-state index contributed by atoms with van der Waals surface area (Å²) < 4.78 is 6.21. The van der Waals surface area contributed by atoms with Gasteiger partial charge in [0.15, 0.2) is 0 Å². The molecule has 4 rings (SSSR count). The Balaban J connectivity index is 1.31. The van der Waals surface area contributed by atoms with Crippen molar-refractivity contribution in [1.82, 2.24) is 14.8 Å². The number of hydrogen-bond donors (Lipinski definition) is 0. The van der Waals surface area contributed by atoms with Gasteiger partial charge in [-0.1, -0.05) is 6.92 Å². The number of ether oxygens (including phenoxy) is 1. The number of carbonyl (C=O) groups excluding carboxylic acids is 1. The fraction of sp³-hybridized carbons (Fsp3) is 0.778. The number of hydrogen-bond acceptors (Lipinski definition) is 5. The lowest BCUT2D eigenvalue weighted by atomic mass is 9.91. The molecule has 6 heteroatoms. The summed E-state index contributed by atoms with van der Waals surface area (Å²) in [5, 5.41) is 3.20. The molecule has 0 saturated carbocycles. The summed E-state index contributed by atoms with van der Waals surface area (Å²) in [4.78, 5) is 21.6. The predicted octanol–water partition coefficient (Wildman–Crippen LogP) is 2.38. The molecule has 3 aliphatic rings. The maximum atomic E-state index is 12.8. The van der Waals surface area contributed by atoms with Crippen molar-refractivity contribution in [2.75, 3.05) is 26.2 Å². The van der Waals surface area contributed by atoms with Gasteiger partial charge in [-0.05, 0) is 44.1 Å². The Morgan fingerprint density at radius 1 is 1.33 bits per heavy atom. The molecular weight excluding hydrogens is 322 g/mol. The number of thiazole rings is 1. The summed E-state index contributed by atoms with van der Waals surface area (Å²) in [6.45, 7) is 7.03. The first-order valence-electron chi connectivity index (χ1n) is 9.24. The molecule has 3 fully saturated rings. The first-order chi connectivity index (χ1) is 11.7. The van der Waals surface area contributed by atoms with E-state index in [-0.39, 0.29) is 18.1 Å². The molecule has 3 atom stereocenters. The van der Waals surface area contributed by atoms with Crippen LogP contribution in [0.3, 0.4) is 0 Å². The molecule has 3 aliphatic heterocycles. The molecule has 1 aromatic heterocycles. The van der Waals surface area contributed by atoms with Crippen LogP contribution in [0.25, 0.3) is 0 Å². The summed E-state index contributed by atoms with van der Waals surface area (Å²) in [6.07, 6.45) is 6.20. The number of likely N-dealkylation sites (tertiary alicyclic amines) is 2. The molecule has 1 aromatic rings. The van der Waals surface area contributed by atoms with E-state index in [0.29, 0.717) is 5.92 Å². The highest BCUT2D eigenvalue weighted by Crippen LogP contribution is 2.35. The second-order valence-electron chi connectivity index (χ2n) is 7.62. The van der Waals surface area contributed by atoms with Crippen LogP contribution in [0.2, 0.25) is 0 Å². The predicted molar refractivity (Wildman–Crippen MR) is 93.8 cm³/mol. The van der Waals surface area contributed by atoms with Crippen LogP contribution < -0.4 is 0 Å². The first kappa shape index (κ1) is 16.5. The summed E-state index contributed by atoms with van der Waals surface area (Å²) in [7, 11) is 0. The van der Waals surface area contributed by atoms with Crippen molar-refractivity contribution in [2.45, 2.75) is 51.4 Å². The van der Waals surface area contributed by atoms with E-state index in [2.05, 4.69) is 16.8 Å². The van der Waals surface area contributed by atoms with E-state index in [9.17, 15) is 4.79 Å². The summed E-state index contributed by atoms with van der Waals surface area (Å²) in [6, 6.07) is 0. The molecule has 3 saturated heterocycles. The lowest BCUT2D eigenvalue weighted by molar-refractivity contribution is -0.145. The van der Waals surface area contributed by atoms with Gasteiger partial charge in [0, 0.05) is 31.2 Å². The standard InChI is InChI=1S/C18H27N3O2S/c1-13-2-7-21(8-3-13)18(22)15-10-14-4-6-20(11-16(14)23-15)12-17-19-5-9-24-17/h5,9,13-16H,2-4,6-8,10-12H2,1H3/t14-,15-,16+/m0/s1. The lowest BCUT2D eigenvalue weighted by Crippen LogP contribution is -2.44. The molecule has 0 aromatic carbocycles. The van der Waals surface area contributed by atoms with Crippen molar-refractivity contribution in [2.24, 2.45) is 11.8 Å². The number of rotatable bonds is 3. The first-order valence-corrected chi connectivity index (χ1v) is 10.1. The van der Waals surface area contributed by atoms with Crippen molar-refractivity contribution in [3.8, 4) is 0 Å². The zero-order chi connectivity index (χ0) is 16.5. The zero-order valence-electron chi connectivity index (χ0n) is 14.4. The van der Waals surface area contributed by atoms with Crippen LogP contribution >= 0.6 is 11.3 Å². The topological polar surface area (TPSA) is 45.7 Å². The molecule has 1 amide bonds. The quantitative estimate of drug-likeness (QED) is 0.840. The molecule has 24 heavy (non-hydrogen) atoms. The Hall–Kier alpha value is -0.980. The molecular formula is C18H27N3O2S. The van der Waals surface area contributed by atoms with Gasteiger partial charge in [-0.3, -0.25) is 9.69 Å². The molecule has 0 radical (unpaired) electrons. The fourth-order valence-electron chi connectivity index (χ4n) is 4.25. The third-order valence-corrected chi connectivity index (χ3v) is 6.61. The highest BCUT2D eigenvalue weighted by molar-refractivity contribution is 7.09. The third-order valence-electron chi connectivity index (χ3n) is 5.85. The van der Waals surface area contributed by atoms with E-state index in [4.69, 9.17) is 4.74 Å². The van der Waals surface area contributed by atoms with Crippen molar-refractivity contribution in [1.29, 1.82) is 0 Å². The minimum Gasteiger partial charge on any atom is -0.364 e. The van der Waals surface area contributed by atoms with Crippen molar-refractivity contribution in [3.63, 3.8) is 0 Å². The van der Waals surface area contributed by atoms with Gasteiger partial charge in [-0.25, -0.2) is 4.98 Å². The van der Waals surface area contributed by atoms with E-state index in [0.717, 1.165) is 64.3 Å². The molecule has 0 bridgehead atoms. The second-order valence-corrected chi connectivity index (χ2v) is 8.60. The van der Waals surface area contributed by atoms with E-state index >= 15 is 0 Å². The minimum atomic E-state index is -0.201. The van der Waals surface area contributed by atoms with Gasteiger partial charge < -0.3 is 9.64 Å². The largest absolute Gasteiger partial charge is 0.364 e. The summed E-state index contributed by atoms with van der Waals surface area (Å²) >= 11 is 1.71. The van der Waals surface area contributed by atoms with Crippen LogP contribution in [0.5, 0.6) is 0 Å². The zero-order valence-corrected chi connectivity index (χ0v) is 15.2. The van der Waals surface area contributed by atoms with Gasteiger partial charge in [-0.2, -0.15) is 0 Å². The van der Waals surface area contributed by atoms with E-state index < -0.39 is 0 Å². The highest BCUT2D eigenvalue weighted by atomic mass is 32.1. The summed E-state index contributed by atoms with van der Waals surface area (Å²) in [5.41, 5.74) is 0. The van der Waals surface area contributed by atoms with Gasteiger partial charge in [0.1, 0.15) is 11.1 Å². The van der Waals surface area contributed by atoms with Crippen molar-refractivity contribution < 1.29 is 9.53 Å². The maximum Gasteiger partial charge on any atom is 0.251 e. The molecule has 0 spiro atoms. The van der Waals surface area contributed by atoms with E-state index in [1.54, 1.807) is 11.3 Å². The average Bonchev–Trinajstić information content (AvgIpc) is 3.24. The number of nitrogens with zero attached hydrogens (tertiary/aromatic N) is 3. The van der Waals surface area contributed by atoms with Crippen LogP contribution in [0.4, 0.5) is 0 Å². The molecule has 4 heterocycles. The Kier molecular flexibility index (Phi) is 4.88. The number of piperidine rings is 2. The van der Waals surface area contributed by atoms with Gasteiger partial charge in [0.2, 0.25) is 0 Å². The third kappa shape index (κ3) is 3.51. The maximum absolute atomic E-state index is 12.8. The lowest BCUT2D eigenvalue weighted by Gasteiger charge is -2.33. The van der Waals surface area contributed by atoms with Crippen LogP contribution in [0, 0.1) is 11.8 Å². The van der Waals surface area contributed by atoms with Crippen LogP contribution in [0.1, 0.15) is 37.6 Å². The van der Waals surface area contributed by atoms with Gasteiger partial charge in [-0.15, -0.1) is 11.3 Å². The normalized spacial score (nSPS) is 32.0. The SMILES string of the molecule is CC1CCN(C(=O)[C@@H]2C[C@@H]3CCN(Cc4nccs4)C[C@H]3O2)CC1. The van der Waals surface area contributed by atoms with Crippen molar-refractivity contribution in [3.05, 3.63) is 16.6 Å². The number of aromatic nitrogens is 1. The van der Waals surface area contributed by atoms with Crippen LogP contribution in [0.15, 0.2) is 11.6 Å². The Labute approximate surface area is 148 Å². The van der Waals surface area contributed by atoms with Gasteiger partial charge in [0.25, 0.3) is 5.91 Å². The molecule has 0 unspecified atom stereocenters.